The van der Waals surface area contributed by atoms with Gasteiger partial charge in [-0.1, -0.05) is 17.7 Å². The summed E-state index contributed by atoms with van der Waals surface area (Å²) in [5, 5.41) is 3.93. The van der Waals surface area contributed by atoms with E-state index < -0.39 is 6.10 Å². The van der Waals surface area contributed by atoms with Gasteiger partial charge in [-0.15, -0.1) is 0 Å². The first-order chi connectivity index (χ1) is 11.1. The number of methoxy groups -OCH3 is 1. The molecule has 0 heterocycles. The highest BCUT2D eigenvalue weighted by Gasteiger charge is 2.13. The maximum Gasteiger partial charge on any atom is 0.280 e. The minimum absolute atomic E-state index is 0.310. The SMILES string of the molecule is COc1ccc(C=NNC(=O)C(C)Oc2ccc(C)cc2)cc1. The van der Waals surface area contributed by atoms with Crippen LogP contribution in [0.25, 0.3) is 0 Å². The normalized spacial score (nSPS) is 12.0. The summed E-state index contributed by atoms with van der Waals surface area (Å²) in [4.78, 5) is 11.9. The number of hydrazone groups is 1. The molecule has 2 rings (SSSR count). The third-order valence-electron chi connectivity index (χ3n) is 3.21. The molecule has 0 saturated carbocycles. The lowest BCUT2D eigenvalue weighted by Gasteiger charge is -2.12. The van der Waals surface area contributed by atoms with Crippen LogP contribution in [0.4, 0.5) is 0 Å². The average Bonchev–Trinajstić information content (AvgIpc) is 2.57. The number of amides is 1. The summed E-state index contributed by atoms with van der Waals surface area (Å²) in [6.45, 7) is 3.67. The third-order valence-corrected chi connectivity index (χ3v) is 3.21. The van der Waals surface area contributed by atoms with Gasteiger partial charge < -0.3 is 9.47 Å². The Morgan fingerprint density at radius 1 is 1.09 bits per heavy atom. The van der Waals surface area contributed by atoms with E-state index in [0.29, 0.717) is 5.75 Å². The molecule has 1 atom stereocenters. The number of benzene rings is 2. The molecule has 1 unspecified atom stereocenters. The molecule has 0 bridgehead atoms. The van der Waals surface area contributed by atoms with Gasteiger partial charge in [-0.3, -0.25) is 4.79 Å². The van der Waals surface area contributed by atoms with Crippen LogP contribution >= 0.6 is 0 Å². The Bertz CT molecular complexity index is 664. The highest BCUT2D eigenvalue weighted by atomic mass is 16.5. The fourth-order valence-corrected chi connectivity index (χ4v) is 1.83. The predicted octanol–water partition coefficient (Wildman–Crippen LogP) is 2.92. The Morgan fingerprint density at radius 3 is 2.30 bits per heavy atom. The standard InChI is InChI=1S/C18H20N2O3/c1-13-4-8-17(9-5-13)23-14(2)18(21)20-19-12-15-6-10-16(22-3)11-7-15/h4-12,14H,1-3H3,(H,20,21). The number of aryl methyl sites for hydroxylation is 1. The molecular weight excluding hydrogens is 292 g/mol. The second kappa shape index (κ2) is 7.98. The van der Waals surface area contributed by atoms with Gasteiger partial charge in [0.25, 0.3) is 5.91 Å². The quantitative estimate of drug-likeness (QED) is 0.659. The molecule has 2 aromatic rings. The topological polar surface area (TPSA) is 59.9 Å². The lowest BCUT2D eigenvalue weighted by atomic mass is 10.2. The molecule has 5 nitrogen and oxygen atoms in total. The van der Waals surface area contributed by atoms with Gasteiger partial charge in [0.2, 0.25) is 0 Å². The Labute approximate surface area is 135 Å². The number of rotatable bonds is 6. The summed E-state index contributed by atoms with van der Waals surface area (Å²) in [5.74, 6) is 1.11. The maximum atomic E-state index is 11.9. The number of nitrogens with one attached hydrogen (secondary N) is 1. The minimum atomic E-state index is -0.634. The van der Waals surface area contributed by atoms with E-state index in [1.165, 1.54) is 0 Å². The monoisotopic (exact) mass is 312 g/mol. The van der Waals surface area contributed by atoms with Crippen LogP contribution in [0.1, 0.15) is 18.1 Å². The third kappa shape index (κ3) is 5.14. The van der Waals surface area contributed by atoms with Gasteiger partial charge >= 0.3 is 0 Å². The zero-order chi connectivity index (χ0) is 16.7. The molecule has 2 aromatic carbocycles. The van der Waals surface area contributed by atoms with Gasteiger partial charge in [0.1, 0.15) is 11.5 Å². The first-order valence-corrected chi connectivity index (χ1v) is 7.29. The fourth-order valence-electron chi connectivity index (χ4n) is 1.83. The molecule has 23 heavy (non-hydrogen) atoms. The molecule has 1 N–H and O–H groups in total. The van der Waals surface area contributed by atoms with Crippen molar-refractivity contribution in [3.63, 3.8) is 0 Å². The summed E-state index contributed by atoms with van der Waals surface area (Å²) < 4.78 is 10.6. The molecule has 1 amide bonds. The number of hydrogen-bond donors (Lipinski definition) is 1. The summed E-state index contributed by atoms with van der Waals surface area (Å²) >= 11 is 0. The Morgan fingerprint density at radius 2 is 1.70 bits per heavy atom. The lowest BCUT2D eigenvalue weighted by Crippen LogP contribution is -2.33. The number of hydrogen-bond acceptors (Lipinski definition) is 4. The number of carbonyl (C=O) groups excluding carboxylic acids is 1. The Kier molecular flexibility index (Phi) is 5.74. The van der Waals surface area contributed by atoms with Crippen LogP contribution in [-0.4, -0.2) is 25.3 Å². The predicted molar refractivity (Wildman–Crippen MR) is 90.0 cm³/mol. The molecule has 0 aromatic heterocycles. The molecule has 0 aliphatic heterocycles. The maximum absolute atomic E-state index is 11.9. The van der Waals surface area contributed by atoms with Crippen molar-refractivity contribution >= 4 is 12.1 Å². The van der Waals surface area contributed by atoms with Gasteiger partial charge in [-0.2, -0.15) is 5.10 Å². The van der Waals surface area contributed by atoms with Crippen LogP contribution in [-0.2, 0) is 4.79 Å². The summed E-state index contributed by atoms with van der Waals surface area (Å²) in [5.41, 5.74) is 4.46. The molecule has 0 saturated heterocycles. The summed E-state index contributed by atoms with van der Waals surface area (Å²) in [6.07, 6.45) is 0.932. The van der Waals surface area contributed by atoms with Crippen molar-refractivity contribution in [2.75, 3.05) is 7.11 Å². The van der Waals surface area contributed by atoms with Crippen LogP contribution in [0.2, 0.25) is 0 Å². The van der Waals surface area contributed by atoms with E-state index in [1.807, 2.05) is 55.5 Å². The molecular formula is C18H20N2O3. The summed E-state index contributed by atoms with van der Waals surface area (Å²) in [6, 6.07) is 14.9. The number of carbonyl (C=O) groups is 1. The second-order valence-electron chi connectivity index (χ2n) is 5.08. The van der Waals surface area contributed by atoms with Crippen molar-refractivity contribution in [3.05, 3.63) is 59.7 Å². The second-order valence-corrected chi connectivity index (χ2v) is 5.08. The smallest absolute Gasteiger partial charge is 0.280 e. The van der Waals surface area contributed by atoms with Crippen molar-refractivity contribution in [3.8, 4) is 11.5 Å². The molecule has 5 heteroatoms. The van der Waals surface area contributed by atoms with E-state index in [2.05, 4.69) is 10.5 Å². The minimum Gasteiger partial charge on any atom is -0.497 e. The van der Waals surface area contributed by atoms with E-state index in [4.69, 9.17) is 9.47 Å². The van der Waals surface area contributed by atoms with Crippen molar-refractivity contribution in [1.29, 1.82) is 0 Å². The van der Waals surface area contributed by atoms with Crippen LogP contribution in [0.5, 0.6) is 11.5 Å². The van der Waals surface area contributed by atoms with Crippen molar-refractivity contribution in [1.82, 2.24) is 5.43 Å². The van der Waals surface area contributed by atoms with Crippen molar-refractivity contribution in [2.24, 2.45) is 5.10 Å². The zero-order valence-corrected chi connectivity index (χ0v) is 13.4. The Hall–Kier alpha value is -2.82. The lowest BCUT2D eigenvalue weighted by molar-refractivity contribution is -0.127. The van der Waals surface area contributed by atoms with E-state index in [0.717, 1.165) is 16.9 Å². The van der Waals surface area contributed by atoms with E-state index in [9.17, 15) is 4.79 Å². The average molecular weight is 312 g/mol. The molecule has 0 aliphatic carbocycles. The van der Waals surface area contributed by atoms with E-state index in [1.54, 1.807) is 20.2 Å². The van der Waals surface area contributed by atoms with Gasteiger partial charge in [0.15, 0.2) is 6.10 Å². The Balaban J connectivity index is 1.85. The molecule has 0 fully saturated rings. The van der Waals surface area contributed by atoms with Gasteiger partial charge in [-0.25, -0.2) is 5.43 Å². The van der Waals surface area contributed by atoms with Crippen LogP contribution in [0.15, 0.2) is 53.6 Å². The van der Waals surface area contributed by atoms with E-state index in [-0.39, 0.29) is 5.91 Å². The fraction of sp³-hybridized carbons (Fsp3) is 0.222. The number of ether oxygens (including phenoxy) is 2. The molecule has 0 aliphatic rings. The zero-order valence-electron chi connectivity index (χ0n) is 13.4. The summed E-state index contributed by atoms with van der Waals surface area (Å²) in [7, 11) is 1.61. The highest BCUT2D eigenvalue weighted by molar-refractivity contribution is 5.84. The first kappa shape index (κ1) is 16.5. The molecule has 0 radical (unpaired) electrons. The van der Waals surface area contributed by atoms with Gasteiger partial charge in [-0.05, 0) is 55.8 Å². The van der Waals surface area contributed by atoms with Crippen LogP contribution in [0, 0.1) is 6.92 Å². The van der Waals surface area contributed by atoms with Gasteiger partial charge in [0.05, 0.1) is 13.3 Å². The highest BCUT2D eigenvalue weighted by Crippen LogP contribution is 2.13. The first-order valence-electron chi connectivity index (χ1n) is 7.29. The largest absolute Gasteiger partial charge is 0.497 e. The van der Waals surface area contributed by atoms with Gasteiger partial charge in [0, 0.05) is 0 Å². The van der Waals surface area contributed by atoms with Crippen molar-refractivity contribution < 1.29 is 14.3 Å². The van der Waals surface area contributed by atoms with Crippen LogP contribution < -0.4 is 14.9 Å². The number of nitrogens with zero attached hydrogens (tertiary/aromatic N) is 1. The van der Waals surface area contributed by atoms with E-state index >= 15 is 0 Å². The van der Waals surface area contributed by atoms with Crippen LogP contribution in [0.3, 0.4) is 0 Å². The van der Waals surface area contributed by atoms with Crippen molar-refractivity contribution in [2.45, 2.75) is 20.0 Å². The molecule has 0 spiro atoms. The molecule has 120 valence electrons.